The molecule has 0 bridgehead atoms. The Bertz CT molecular complexity index is 919. The molecular weight excluding hydrogens is 288 g/mol. The highest BCUT2D eigenvalue weighted by atomic mass is 16.2. The number of aromatic amines is 1. The molecule has 0 spiro atoms. The Labute approximate surface area is 132 Å². The van der Waals surface area contributed by atoms with E-state index in [4.69, 9.17) is 0 Å². The van der Waals surface area contributed by atoms with Crippen molar-refractivity contribution < 1.29 is 4.79 Å². The van der Waals surface area contributed by atoms with Gasteiger partial charge >= 0.3 is 0 Å². The van der Waals surface area contributed by atoms with Crippen molar-refractivity contribution in [2.75, 3.05) is 5.32 Å². The number of nitrogens with zero attached hydrogens (tertiary/aromatic N) is 1. The normalized spacial score (nSPS) is 13.0. The van der Waals surface area contributed by atoms with E-state index in [1.54, 1.807) is 12.4 Å². The first-order chi connectivity index (χ1) is 11.3. The van der Waals surface area contributed by atoms with Gasteiger partial charge in [-0.1, -0.05) is 36.4 Å². The van der Waals surface area contributed by atoms with Crippen molar-refractivity contribution in [3.8, 4) is 0 Å². The molecule has 1 aromatic heterocycles. The maximum atomic E-state index is 12.4. The zero-order valence-electron chi connectivity index (χ0n) is 12.2. The third-order valence-corrected chi connectivity index (χ3v) is 3.68. The molecule has 4 rings (SSSR count). The van der Waals surface area contributed by atoms with E-state index in [0.29, 0.717) is 11.5 Å². The second kappa shape index (κ2) is 5.46. The number of benzene rings is 2. The first-order valence-corrected chi connectivity index (χ1v) is 7.28. The van der Waals surface area contributed by atoms with Crippen molar-refractivity contribution in [1.82, 2.24) is 10.3 Å². The van der Waals surface area contributed by atoms with Gasteiger partial charge in [-0.25, -0.2) is 4.99 Å². The average molecular weight is 302 g/mol. The van der Waals surface area contributed by atoms with Gasteiger partial charge in [-0.15, -0.1) is 0 Å². The molecule has 0 aliphatic carbocycles. The summed E-state index contributed by atoms with van der Waals surface area (Å²) in [6.07, 6.45) is 3.41. The molecule has 0 fully saturated rings. The molecular formula is C18H14N4O. The third-order valence-electron chi connectivity index (χ3n) is 3.68. The molecule has 0 saturated heterocycles. The quantitative estimate of drug-likeness (QED) is 0.680. The largest absolute Gasteiger partial charge is 0.358 e. The van der Waals surface area contributed by atoms with E-state index in [1.165, 1.54) is 0 Å². The van der Waals surface area contributed by atoms with Crippen LogP contribution in [0.5, 0.6) is 0 Å². The Morgan fingerprint density at radius 1 is 1.04 bits per heavy atom. The van der Waals surface area contributed by atoms with Gasteiger partial charge in [0.25, 0.3) is 5.91 Å². The fourth-order valence-corrected chi connectivity index (χ4v) is 2.51. The lowest BCUT2D eigenvalue weighted by atomic mass is 10.2. The number of rotatable bonds is 2. The van der Waals surface area contributed by atoms with E-state index >= 15 is 0 Å². The summed E-state index contributed by atoms with van der Waals surface area (Å²) in [5, 5.41) is 6.95. The minimum Gasteiger partial charge on any atom is -0.358 e. The number of fused-ring (bicyclic) bond motifs is 2. The molecule has 1 aliphatic rings. The van der Waals surface area contributed by atoms with Gasteiger partial charge in [0.2, 0.25) is 0 Å². The van der Waals surface area contributed by atoms with Crippen LogP contribution in [0.1, 0.15) is 16.1 Å². The summed E-state index contributed by atoms with van der Waals surface area (Å²) in [6, 6.07) is 17.4. The number of aromatic nitrogens is 1. The van der Waals surface area contributed by atoms with Crippen LogP contribution in [0.3, 0.4) is 0 Å². The molecule has 1 amide bonds. The van der Waals surface area contributed by atoms with Crippen LogP contribution < -0.4 is 10.6 Å². The first-order valence-electron chi connectivity index (χ1n) is 7.28. The van der Waals surface area contributed by atoms with Crippen LogP contribution in [0.2, 0.25) is 0 Å². The number of hydrogen-bond acceptors (Lipinski definition) is 3. The van der Waals surface area contributed by atoms with Gasteiger partial charge in [-0.05, 0) is 18.2 Å². The Kier molecular flexibility index (Phi) is 3.16. The maximum absolute atomic E-state index is 12.4. The number of anilines is 1. The van der Waals surface area contributed by atoms with E-state index in [9.17, 15) is 4.79 Å². The summed E-state index contributed by atoms with van der Waals surface area (Å²) >= 11 is 0. The average Bonchev–Trinajstić information content (AvgIpc) is 2.92. The maximum Gasteiger partial charge on any atom is 0.273 e. The second-order valence-electron chi connectivity index (χ2n) is 5.24. The molecule has 0 unspecified atom stereocenters. The first kappa shape index (κ1) is 13.3. The standard InChI is InChI=1S/C18H14N4O/c23-18(16-9-12-5-1-4-8-15(12)21-16)22-17-11-19-14-7-3-2-6-13(14)10-20-17/h1-11,19,21H,(H,22,23). The Balaban J connectivity index is 1.56. The SMILES string of the molecule is O=C(NC1=CNc2ccccc2C=N1)c1cc2ccccc2[nH]1. The molecule has 2 aromatic carbocycles. The smallest absolute Gasteiger partial charge is 0.273 e. The number of amides is 1. The fourth-order valence-electron chi connectivity index (χ4n) is 2.51. The highest BCUT2D eigenvalue weighted by Gasteiger charge is 2.11. The highest BCUT2D eigenvalue weighted by Crippen LogP contribution is 2.17. The van der Waals surface area contributed by atoms with Gasteiger partial charge in [0.15, 0.2) is 0 Å². The number of carbonyl (C=O) groups excluding carboxylic acids is 1. The van der Waals surface area contributed by atoms with Crippen molar-refractivity contribution in [2.24, 2.45) is 4.99 Å². The van der Waals surface area contributed by atoms with Gasteiger partial charge < -0.3 is 15.6 Å². The number of aliphatic imine (C=N–C) groups is 1. The van der Waals surface area contributed by atoms with Gasteiger partial charge in [0.1, 0.15) is 11.5 Å². The predicted molar refractivity (Wildman–Crippen MR) is 91.5 cm³/mol. The second-order valence-corrected chi connectivity index (χ2v) is 5.24. The van der Waals surface area contributed by atoms with Crippen LogP contribution in [-0.4, -0.2) is 17.1 Å². The van der Waals surface area contributed by atoms with Crippen LogP contribution >= 0.6 is 0 Å². The van der Waals surface area contributed by atoms with Crippen LogP contribution in [0.4, 0.5) is 5.69 Å². The summed E-state index contributed by atoms with van der Waals surface area (Å²) in [7, 11) is 0. The minimum atomic E-state index is -0.225. The highest BCUT2D eigenvalue weighted by molar-refractivity contribution is 5.99. The van der Waals surface area contributed by atoms with E-state index in [-0.39, 0.29) is 5.91 Å². The number of carbonyl (C=O) groups is 1. The summed E-state index contributed by atoms with van der Waals surface area (Å²) in [6.45, 7) is 0. The number of para-hydroxylation sites is 2. The molecule has 23 heavy (non-hydrogen) atoms. The summed E-state index contributed by atoms with van der Waals surface area (Å²) in [5.74, 6) is 0.238. The molecule has 1 aliphatic heterocycles. The lowest BCUT2D eigenvalue weighted by molar-refractivity contribution is 0.0961. The van der Waals surface area contributed by atoms with E-state index in [2.05, 4.69) is 20.6 Å². The zero-order chi connectivity index (χ0) is 15.6. The lowest BCUT2D eigenvalue weighted by Gasteiger charge is -2.04. The number of hydrogen-bond donors (Lipinski definition) is 3. The number of H-pyrrole nitrogens is 1. The summed E-state index contributed by atoms with van der Waals surface area (Å²) < 4.78 is 0. The van der Waals surface area contributed by atoms with Gasteiger partial charge in [0.05, 0.1) is 0 Å². The Hall–Kier alpha value is -3.34. The molecule has 5 heteroatoms. The summed E-state index contributed by atoms with van der Waals surface area (Å²) in [5.41, 5.74) is 3.36. The topological polar surface area (TPSA) is 69.3 Å². The van der Waals surface area contributed by atoms with Crippen LogP contribution in [0, 0.1) is 0 Å². The van der Waals surface area contributed by atoms with Crippen molar-refractivity contribution in [2.45, 2.75) is 0 Å². The monoisotopic (exact) mass is 302 g/mol. The van der Waals surface area contributed by atoms with Crippen molar-refractivity contribution in [3.63, 3.8) is 0 Å². The fraction of sp³-hybridized carbons (Fsp3) is 0. The Morgan fingerprint density at radius 2 is 1.87 bits per heavy atom. The predicted octanol–water partition coefficient (Wildman–Crippen LogP) is 3.24. The third kappa shape index (κ3) is 2.60. The molecule has 5 nitrogen and oxygen atoms in total. The molecule has 2 heterocycles. The van der Waals surface area contributed by atoms with E-state index in [0.717, 1.165) is 22.2 Å². The lowest BCUT2D eigenvalue weighted by Crippen LogP contribution is -2.22. The van der Waals surface area contributed by atoms with Gasteiger partial charge in [0, 0.05) is 34.6 Å². The van der Waals surface area contributed by atoms with Crippen molar-refractivity contribution in [1.29, 1.82) is 0 Å². The molecule has 112 valence electrons. The van der Waals surface area contributed by atoms with Gasteiger partial charge in [-0.2, -0.15) is 0 Å². The molecule has 3 N–H and O–H groups in total. The molecule has 0 radical (unpaired) electrons. The minimum absolute atomic E-state index is 0.225. The zero-order valence-corrected chi connectivity index (χ0v) is 12.2. The molecule has 0 saturated carbocycles. The summed E-state index contributed by atoms with van der Waals surface area (Å²) in [4.78, 5) is 19.8. The van der Waals surface area contributed by atoms with Crippen LogP contribution in [-0.2, 0) is 0 Å². The molecule has 0 atom stereocenters. The van der Waals surface area contributed by atoms with Crippen LogP contribution in [0.25, 0.3) is 10.9 Å². The van der Waals surface area contributed by atoms with Gasteiger partial charge in [-0.3, -0.25) is 4.79 Å². The van der Waals surface area contributed by atoms with Crippen molar-refractivity contribution in [3.05, 3.63) is 77.9 Å². The van der Waals surface area contributed by atoms with Crippen LogP contribution in [0.15, 0.2) is 71.6 Å². The molecule has 3 aromatic rings. The van der Waals surface area contributed by atoms with E-state index < -0.39 is 0 Å². The van der Waals surface area contributed by atoms with Crippen molar-refractivity contribution >= 4 is 28.7 Å². The number of nitrogens with one attached hydrogen (secondary N) is 3. The Morgan fingerprint density at radius 3 is 2.78 bits per heavy atom. The van der Waals surface area contributed by atoms with E-state index in [1.807, 2.05) is 54.6 Å².